The van der Waals surface area contributed by atoms with E-state index in [1.165, 1.54) is 16.5 Å². The summed E-state index contributed by atoms with van der Waals surface area (Å²) in [4.78, 5) is 49.3. The molecule has 0 radical (unpaired) electrons. The van der Waals surface area contributed by atoms with Gasteiger partial charge in [-0.2, -0.15) is 10.2 Å². The van der Waals surface area contributed by atoms with Crippen LogP contribution in [0, 0.1) is 6.92 Å². The number of halogens is 2. The number of Topliss-reactive ketones (excluding diaryl/α,β-unsaturated/α-hetero) is 1. The Morgan fingerprint density at radius 3 is 2.66 bits per heavy atom. The van der Waals surface area contributed by atoms with Crippen molar-refractivity contribution < 1.29 is 18.8 Å². The molecule has 0 bridgehead atoms. The molecule has 0 spiro atoms. The van der Waals surface area contributed by atoms with Crippen molar-refractivity contribution in [3.05, 3.63) is 70.3 Å². The van der Waals surface area contributed by atoms with Gasteiger partial charge in [0.1, 0.15) is 34.9 Å². The number of benzene rings is 1. The summed E-state index contributed by atoms with van der Waals surface area (Å²) in [6.45, 7) is 2.81. The maximum Gasteiger partial charge on any atom is 0.248 e. The lowest BCUT2D eigenvalue weighted by atomic mass is 10.0. The minimum atomic E-state index is -1.35. The first-order chi connectivity index (χ1) is 21.1. The Labute approximate surface area is 259 Å². The number of fused-ring (bicyclic) bond motifs is 2. The molecule has 4 aromatic heterocycles. The zero-order chi connectivity index (χ0) is 30.7. The molecule has 1 saturated carbocycles. The third kappa shape index (κ3) is 5.25. The van der Waals surface area contributed by atoms with Crippen molar-refractivity contribution in [2.45, 2.75) is 57.8 Å². The van der Waals surface area contributed by atoms with Crippen molar-refractivity contribution in [1.82, 2.24) is 34.3 Å². The first-order valence-corrected chi connectivity index (χ1v) is 15.2. The number of pyridine rings is 1. The van der Waals surface area contributed by atoms with Crippen molar-refractivity contribution in [2.24, 2.45) is 0 Å². The van der Waals surface area contributed by atoms with Crippen LogP contribution in [0.15, 0.2) is 53.4 Å². The van der Waals surface area contributed by atoms with E-state index in [2.05, 4.69) is 41.4 Å². The van der Waals surface area contributed by atoms with E-state index in [0.29, 0.717) is 27.2 Å². The van der Waals surface area contributed by atoms with E-state index in [-0.39, 0.29) is 31.0 Å². The molecule has 2 aliphatic rings. The summed E-state index contributed by atoms with van der Waals surface area (Å²) < 4.78 is 18.4. The third-order valence-corrected chi connectivity index (χ3v) is 8.99. The molecule has 2 atom stereocenters. The Balaban J connectivity index is 1.15. The molecule has 1 aliphatic heterocycles. The van der Waals surface area contributed by atoms with Crippen LogP contribution in [0.1, 0.15) is 53.8 Å². The first-order valence-electron chi connectivity index (χ1n) is 14.4. The predicted octanol–water partition coefficient (Wildman–Crippen LogP) is 4.87. The fraction of sp³-hybridized carbons (Fsp3) is 0.323. The van der Waals surface area contributed by atoms with Gasteiger partial charge in [-0.05, 0) is 65.0 Å². The van der Waals surface area contributed by atoms with Gasteiger partial charge < -0.3 is 10.2 Å². The molecule has 1 aromatic carbocycles. The van der Waals surface area contributed by atoms with E-state index in [4.69, 9.17) is 0 Å². The summed E-state index contributed by atoms with van der Waals surface area (Å²) >= 11 is 3.34. The standard InChI is InChI=1S/C31H28BrFN8O3/c1-16-3-8-26(35-30(16)32)36-31(44)25-10-21(33)14-39(25)28(43)15-40-24-7-6-19(9-22(24)29(38-40)17(2)42)20-12-34-27-11-23(18-4-5-18)37-41(27)13-20/h3,6-9,11-13,18,21,25H,4-5,10,14-15H2,1-2H3,(H,35,36,44)/t21-,25+/m1/s1. The smallest absolute Gasteiger partial charge is 0.248 e. The maximum absolute atomic E-state index is 14.6. The number of nitrogens with zero attached hydrogens (tertiary/aromatic N) is 7. The largest absolute Gasteiger partial charge is 0.326 e. The average molecular weight is 660 g/mol. The zero-order valence-electron chi connectivity index (χ0n) is 24.0. The molecular formula is C31H28BrFN8O3. The molecule has 5 heterocycles. The van der Waals surface area contributed by atoms with Crippen LogP contribution in [-0.2, 0) is 16.1 Å². The maximum atomic E-state index is 14.6. The normalized spacial score (nSPS) is 18.3. The lowest BCUT2D eigenvalue weighted by molar-refractivity contribution is -0.137. The van der Waals surface area contributed by atoms with Crippen molar-refractivity contribution in [3.8, 4) is 11.1 Å². The number of nitrogens with one attached hydrogen (secondary N) is 1. The SMILES string of the molecule is CC(=O)c1nn(CC(=O)N2C[C@H](F)C[C@H]2C(=O)Nc2ccc(C)c(Br)n2)c2ccc(-c3cnc4cc(C5CC5)nn4c3)cc12. The van der Waals surface area contributed by atoms with E-state index in [1.54, 1.807) is 28.9 Å². The molecule has 2 amide bonds. The van der Waals surface area contributed by atoms with Gasteiger partial charge in [-0.1, -0.05) is 12.1 Å². The van der Waals surface area contributed by atoms with Gasteiger partial charge in [0.15, 0.2) is 11.4 Å². The number of carbonyl (C=O) groups is 3. The summed E-state index contributed by atoms with van der Waals surface area (Å²) in [7, 11) is 0. The predicted molar refractivity (Wildman–Crippen MR) is 164 cm³/mol. The third-order valence-electron chi connectivity index (χ3n) is 8.19. The topological polar surface area (TPSA) is 127 Å². The summed E-state index contributed by atoms with van der Waals surface area (Å²) in [5.41, 5.74) is 5.14. The number of anilines is 1. The highest BCUT2D eigenvalue weighted by Gasteiger charge is 2.40. The van der Waals surface area contributed by atoms with E-state index in [0.717, 1.165) is 40.9 Å². The second-order valence-electron chi connectivity index (χ2n) is 11.5. The molecule has 5 aromatic rings. The van der Waals surface area contributed by atoms with Gasteiger partial charge in [-0.3, -0.25) is 19.1 Å². The summed E-state index contributed by atoms with van der Waals surface area (Å²) in [5.74, 6) is -0.448. The van der Waals surface area contributed by atoms with E-state index in [9.17, 15) is 18.8 Å². The Morgan fingerprint density at radius 1 is 1.09 bits per heavy atom. The highest BCUT2D eigenvalue weighted by atomic mass is 79.9. The van der Waals surface area contributed by atoms with Crippen LogP contribution >= 0.6 is 15.9 Å². The van der Waals surface area contributed by atoms with Gasteiger partial charge >= 0.3 is 0 Å². The molecule has 1 saturated heterocycles. The number of amides is 2. The van der Waals surface area contributed by atoms with E-state index >= 15 is 0 Å². The second-order valence-corrected chi connectivity index (χ2v) is 12.2. The van der Waals surface area contributed by atoms with E-state index in [1.807, 2.05) is 31.3 Å². The number of carbonyl (C=O) groups excluding carboxylic acids is 3. The molecular weight excluding hydrogens is 631 g/mol. The van der Waals surface area contributed by atoms with Gasteiger partial charge in [-0.15, -0.1) is 0 Å². The molecule has 1 aliphatic carbocycles. The number of alkyl halides is 1. The molecule has 13 heteroatoms. The quantitative estimate of drug-likeness (QED) is 0.195. The Hall–Kier alpha value is -4.52. The zero-order valence-corrected chi connectivity index (χ0v) is 25.6. The number of aromatic nitrogens is 6. The van der Waals surface area contributed by atoms with Crippen molar-refractivity contribution in [2.75, 3.05) is 11.9 Å². The summed E-state index contributed by atoms with van der Waals surface area (Å²) in [6, 6.07) is 9.97. The Bertz CT molecular complexity index is 1980. The van der Waals surface area contributed by atoms with Crippen molar-refractivity contribution >= 4 is 55.9 Å². The van der Waals surface area contributed by atoms with Crippen LogP contribution in [0.25, 0.3) is 27.7 Å². The van der Waals surface area contributed by atoms with E-state index < -0.39 is 24.0 Å². The monoisotopic (exact) mass is 658 g/mol. The van der Waals surface area contributed by atoms with Gasteiger partial charge in [0, 0.05) is 48.7 Å². The van der Waals surface area contributed by atoms with Gasteiger partial charge in [0.25, 0.3) is 0 Å². The van der Waals surface area contributed by atoms with Crippen LogP contribution in [0.4, 0.5) is 10.2 Å². The molecule has 44 heavy (non-hydrogen) atoms. The Morgan fingerprint density at radius 2 is 1.91 bits per heavy atom. The molecule has 7 rings (SSSR count). The first kappa shape index (κ1) is 28.3. The van der Waals surface area contributed by atoms with Gasteiger partial charge in [0.05, 0.1) is 17.8 Å². The minimum Gasteiger partial charge on any atom is -0.326 e. The fourth-order valence-corrected chi connectivity index (χ4v) is 6.00. The fourth-order valence-electron chi connectivity index (χ4n) is 5.67. The van der Waals surface area contributed by atoms with Gasteiger partial charge in [0.2, 0.25) is 11.8 Å². The van der Waals surface area contributed by atoms with Gasteiger partial charge in [-0.25, -0.2) is 18.9 Å². The van der Waals surface area contributed by atoms with Crippen molar-refractivity contribution in [1.29, 1.82) is 0 Å². The molecule has 0 unspecified atom stereocenters. The second kappa shape index (κ2) is 10.9. The summed E-state index contributed by atoms with van der Waals surface area (Å²) in [6.07, 6.45) is 4.51. The molecule has 11 nitrogen and oxygen atoms in total. The molecule has 1 N–H and O–H groups in total. The highest BCUT2D eigenvalue weighted by molar-refractivity contribution is 9.10. The number of hydrogen-bond acceptors (Lipinski definition) is 7. The van der Waals surface area contributed by atoms with Crippen LogP contribution in [0.5, 0.6) is 0 Å². The van der Waals surface area contributed by atoms with Crippen LogP contribution in [-0.4, -0.2) is 70.6 Å². The molecule has 2 fully saturated rings. The number of hydrogen-bond donors (Lipinski definition) is 1. The average Bonchev–Trinajstić information content (AvgIpc) is 3.48. The summed E-state index contributed by atoms with van der Waals surface area (Å²) in [5, 5.41) is 12.4. The minimum absolute atomic E-state index is 0.122. The highest BCUT2D eigenvalue weighted by Crippen LogP contribution is 2.39. The lowest BCUT2D eigenvalue weighted by Crippen LogP contribution is -2.44. The lowest BCUT2D eigenvalue weighted by Gasteiger charge is -2.23. The van der Waals surface area contributed by atoms with Crippen LogP contribution < -0.4 is 5.32 Å². The number of ketones is 1. The Kier molecular flexibility index (Phi) is 6.99. The van der Waals surface area contributed by atoms with Crippen molar-refractivity contribution in [3.63, 3.8) is 0 Å². The number of likely N-dealkylation sites (tertiary alicyclic amines) is 1. The van der Waals surface area contributed by atoms with Crippen LogP contribution in [0.2, 0.25) is 0 Å². The van der Waals surface area contributed by atoms with Crippen LogP contribution in [0.3, 0.4) is 0 Å². The number of rotatable bonds is 7. The molecule has 224 valence electrons. The number of aryl methyl sites for hydroxylation is 1.